The van der Waals surface area contributed by atoms with Crippen LogP contribution < -0.4 is 0 Å². The van der Waals surface area contributed by atoms with Crippen LogP contribution in [0.15, 0.2) is 11.6 Å². The molecule has 170 valence electrons. The van der Waals surface area contributed by atoms with Gasteiger partial charge in [0.05, 0.1) is 6.10 Å². The molecule has 0 spiro atoms. The molecule has 0 radical (unpaired) electrons. The third kappa shape index (κ3) is 2.75. The molecule has 5 fully saturated rings. The van der Waals surface area contributed by atoms with E-state index in [4.69, 9.17) is 0 Å². The van der Waals surface area contributed by atoms with Gasteiger partial charge in [0.1, 0.15) is 0 Å². The number of aliphatic hydroxyl groups excluding tert-OH is 1. The number of rotatable bonds is 0. The number of ketones is 1. The predicted molar refractivity (Wildman–Crippen MR) is 119 cm³/mol. The molecule has 2 heterocycles. The molecule has 1 N–H and O–H groups in total. The first-order valence-corrected chi connectivity index (χ1v) is 13.0. The zero-order valence-corrected chi connectivity index (χ0v) is 19.4. The monoisotopic (exact) mass is 425 g/mol. The Hall–Kier alpha value is -1.16. The van der Waals surface area contributed by atoms with Crippen molar-refractivity contribution >= 4 is 11.7 Å². The van der Waals surface area contributed by atoms with E-state index in [0.717, 1.165) is 25.8 Å². The molecule has 4 aliphatic carbocycles. The number of hydrogen-bond acceptors (Lipinski definition) is 3. The van der Waals surface area contributed by atoms with Gasteiger partial charge in [0.15, 0.2) is 5.78 Å². The van der Waals surface area contributed by atoms with Crippen LogP contribution in [0.4, 0.5) is 0 Å². The highest BCUT2D eigenvalue weighted by Crippen LogP contribution is 2.66. The fourth-order valence-corrected chi connectivity index (χ4v) is 9.61. The molecule has 6 aliphatic rings. The SMILES string of the molecule is C[C@@H]1CC[C@H]2[C@H](C)[C@H]3CC[C@H]4C5[C@@H](O)CC6=CC(=O)CC[C@]6(C)[C@H]5C[C@H]4[C@@H]3C(=O)N2C1. The van der Waals surface area contributed by atoms with Crippen molar-refractivity contribution in [2.45, 2.75) is 84.3 Å². The normalized spacial score (nSPS) is 53.7. The van der Waals surface area contributed by atoms with Crippen molar-refractivity contribution < 1.29 is 14.7 Å². The molecule has 4 heteroatoms. The first kappa shape index (κ1) is 20.4. The lowest BCUT2D eigenvalue weighted by Gasteiger charge is -2.55. The lowest BCUT2D eigenvalue weighted by atomic mass is 9.55. The standard InChI is InChI=1S/C27H39NO3/c1-14-4-7-22-15(2)18-5-6-19-20(24(18)26(31)28(22)13-14)12-21-25(19)23(30)11-16-10-17(29)8-9-27(16,21)3/h10,14-15,18-25,30H,4-9,11-13H2,1-3H3/t14-,15-,18-,19-,20-,21+,22+,23+,24-,25?,27+/m1/s1. The van der Waals surface area contributed by atoms with Crippen molar-refractivity contribution in [3.63, 3.8) is 0 Å². The van der Waals surface area contributed by atoms with Gasteiger partial charge in [-0.3, -0.25) is 9.59 Å². The number of fused-ring (bicyclic) bond motifs is 8. The van der Waals surface area contributed by atoms with Gasteiger partial charge in [0, 0.05) is 24.9 Å². The van der Waals surface area contributed by atoms with Crippen LogP contribution in [0.5, 0.6) is 0 Å². The summed E-state index contributed by atoms with van der Waals surface area (Å²) in [6.45, 7) is 8.02. The first-order valence-electron chi connectivity index (χ1n) is 13.0. The van der Waals surface area contributed by atoms with Gasteiger partial charge in [-0.05, 0) is 97.9 Å². The van der Waals surface area contributed by atoms with Crippen LogP contribution >= 0.6 is 0 Å². The molecular formula is C27H39NO3. The summed E-state index contributed by atoms with van der Waals surface area (Å²) < 4.78 is 0. The third-order valence-corrected chi connectivity index (χ3v) is 11.2. The molecule has 31 heavy (non-hydrogen) atoms. The van der Waals surface area contributed by atoms with Crippen LogP contribution in [0.1, 0.15) is 72.1 Å². The molecule has 1 unspecified atom stereocenters. The summed E-state index contributed by atoms with van der Waals surface area (Å²) in [4.78, 5) is 28.3. The van der Waals surface area contributed by atoms with E-state index in [1.165, 1.54) is 24.8 Å². The van der Waals surface area contributed by atoms with Crippen molar-refractivity contribution in [2.75, 3.05) is 6.54 Å². The lowest BCUT2D eigenvalue weighted by Crippen LogP contribution is -2.61. The van der Waals surface area contributed by atoms with Crippen LogP contribution in [-0.2, 0) is 9.59 Å². The number of aliphatic hydroxyl groups is 1. The van der Waals surface area contributed by atoms with E-state index >= 15 is 0 Å². The number of hydrogen-bond donors (Lipinski definition) is 1. The second kappa shape index (κ2) is 6.92. The van der Waals surface area contributed by atoms with Crippen molar-refractivity contribution in [1.29, 1.82) is 0 Å². The maximum atomic E-state index is 13.9. The maximum absolute atomic E-state index is 13.9. The molecular weight excluding hydrogens is 386 g/mol. The minimum atomic E-state index is -0.347. The number of nitrogens with zero attached hydrogens (tertiary/aromatic N) is 1. The van der Waals surface area contributed by atoms with Crippen LogP contribution in [-0.4, -0.2) is 40.4 Å². The first-order chi connectivity index (χ1) is 14.8. The van der Waals surface area contributed by atoms with Crippen LogP contribution in [0.25, 0.3) is 0 Å². The summed E-state index contributed by atoms with van der Waals surface area (Å²) in [5.41, 5.74) is 1.23. The maximum Gasteiger partial charge on any atom is 0.226 e. The van der Waals surface area contributed by atoms with Crippen molar-refractivity contribution in [3.8, 4) is 0 Å². The van der Waals surface area contributed by atoms with Gasteiger partial charge in [-0.1, -0.05) is 26.3 Å². The quantitative estimate of drug-likeness (QED) is 0.632. The summed E-state index contributed by atoms with van der Waals surface area (Å²) in [7, 11) is 0. The Kier molecular flexibility index (Phi) is 4.56. The highest BCUT2D eigenvalue weighted by molar-refractivity contribution is 5.91. The molecule has 0 aromatic rings. The van der Waals surface area contributed by atoms with Gasteiger partial charge in [-0.25, -0.2) is 0 Å². The second-order valence-corrected chi connectivity index (χ2v) is 12.4. The van der Waals surface area contributed by atoms with Crippen molar-refractivity contribution in [2.24, 2.45) is 52.8 Å². The van der Waals surface area contributed by atoms with Crippen molar-refractivity contribution in [1.82, 2.24) is 4.90 Å². The van der Waals surface area contributed by atoms with Gasteiger partial charge in [0.25, 0.3) is 0 Å². The molecule has 1 amide bonds. The van der Waals surface area contributed by atoms with Crippen molar-refractivity contribution in [3.05, 3.63) is 11.6 Å². The van der Waals surface area contributed by atoms with Gasteiger partial charge in [-0.15, -0.1) is 0 Å². The van der Waals surface area contributed by atoms with Gasteiger partial charge < -0.3 is 10.0 Å². The molecule has 0 aromatic heterocycles. The Morgan fingerprint density at radius 3 is 2.65 bits per heavy atom. The van der Waals surface area contributed by atoms with Gasteiger partial charge in [-0.2, -0.15) is 0 Å². The summed E-state index contributed by atoms with van der Waals surface area (Å²) in [5, 5.41) is 11.2. The lowest BCUT2D eigenvalue weighted by molar-refractivity contribution is -0.162. The Balaban J connectivity index is 1.35. The number of carbonyl (C=O) groups excluding carboxylic acids is 2. The number of amides is 1. The smallest absolute Gasteiger partial charge is 0.226 e. The molecule has 0 aromatic carbocycles. The molecule has 3 saturated carbocycles. The number of piperidine rings is 2. The molecule has 2 aliphatic heterocycles. The zero-order chi connectivity index (χ0) is 21.7. The van der Waals surface area contributed by atoms with E-state index in [-0.39, 0.29) is 23.2 Å². The van der Waals surface area contributed by atoms with E-state index in [1.54, 1.807) is 0 Å². The molecule has 0 bridgehead atoms. The largest absolute Gasteiger partial charge is 0.392 e. The fourth-order valence-electron chi connectivity index (χ4n) is 9.61. The fraction of sp³-hybridized carbons (Fsp3) is 0.852. The van der Waals surface area contributed by atoms with Crippen LogP contribution in [0.2, 0.25) is 0 Å². The summed E-state index contributed by atoms with van der Waals surface area (Å²) in [6.07, 6.45) is 9.59. The average Bonchev–Trinajstić information content (AvgIpc) is 3.14. The third-order valence-electron chi connectivity index (χ3n) is 11.2. The Bertz CT molecular complexity index is 834. The van der Waals surface area contributed by atoms with Gasteiger partial charge >= 0.3 is 0 Å². The van der Waals surface area contributed by atoms with E-state index in [2.05, 4.69) is 25.7 Å². The Labute approximate surface area is 186 Å². The highest BCUT2D eigenvalue weighted by atomic mass is 16.3. The van der Waals surface area contributed by atoms with Gasteiger partial charge in [0.2, 0.25) is 5.91 Å². The zero-order valence-electron chi connectivity index (χ0n) is 19.4. The van der Waals surface area contributed by atoms with E-state index < -0.39 is 0 Å². The number of allylic oxidation sites excluding steroid dienone is 1. The highest BCUT2D eigenvalue weighted by Gasteiger charge is 2.63. The Morgan fingerprint density at radius 1 is 1.06 bits per heavy atom. The number of carbonyl (C=O) groups is 2. The molecule has 6 rings (SSSR count). The summed E-state index contributed by atoms with van der Waals surface area (Å²) >= 11 is 0. The topological polar surface area (TPSA) is 57.6 Å². The average molecular weight is 426 g/mol. The van der Waals surface area contributed by atoms with Crippen LogP contribution in [0, 0.1) is 52.8 Å². The summed E-state index contributed by atoms with van der Waals surface area (Å²) in [5.74, 6) is 4.21. The minimum absolute atomic E-state index is 0.0378. The van der Waals surface area contributed by atoms with E-state index in [9.17, 15) is 14.7 Å². The second-order valence-electron chi connectivity index (χ2n) is 12.4. The minimum Gasteiger partial charge on any atom is -0.392 e. The Morgan fingerprint density at radius 2 is 1.84 bits per heavy atom. The molecule has 2 saturated heterocycles. The molecule has 11 atom stereocenters. The van der Waals surface area contributed by atoms with E-state index in [0.29, 0.717) is 66.2 Å². The van der Waals surface area contributed by atoms with E-state index in [1.807, 2.05) is 6.08 Å². The summed E-state index contributed by atoms with van der Waals surface area (Å²) in [6, 6.07) is 0.451. The predicted octanol–water partition coefficient (Wildman–Crippen LogP) is 4.22. The molecule has 4 nitrogen and oxygen atoms in total. The van der Waals surface area contributed by atoms with Crippen LogP contribution in [0.3, 0.4) is 0 Å².